The molecule has 0 saturated carbocycles. The van der Waals surface area contributed by atoms with E-state index in [1.54, 1.807) is 11.8 Å². The molecule has 0 saturated heterocycles. The summed E-state index contributed by atoms with van der Waals surface area (Å²) in [6, 6.07) is 3.70. The number of halogens is 1. The molecule has 2 aromatic heterocycles. The quantitative estimate of drug-likeness (QED) is 0.875. The average Bonchev–Trinajstić information content (AvgIpc) is 2.74. The lowest BCUT2D eigenvalue weighted by Gasteiger charge is -2.04. The van der Waals surface area contributed by atoms with Crippen LogP contribution >= 0.6 is 34.9 Å². The van der Waals surface area contributed by atoms with Crippen molar-refractivity contribution in [3.8, 4) is 0 Å². The number of aryl methyl sites for hydroxylation is 1. The Kier molecular flexibility index (Phi) is 4.20. The van der Waals surface area contributed by atoms with Gasteiger partial charge in [-0.2, -0.15) is 4.37 Å². The molecule has 0 fully saturated rings. The first-order valence-corrected chi connectivity index (χ1v) is 7.09. The lowest BCUT2D eigenvalue weighted by atomic mass is 10.3. The van der Waals surface area contributed by atoms with Gasteiger partial charge in [-0.05, 0) is 30.6 Å². The third kappa shape index (κ3) is 3.31. The second-order valence-electron chi connectivity index (χ2n) is 3.27. The van der Waals surface area contributed by atoms with Crippen molar-refractivity contribution in [3.05, 3.63) is 28.7 Å². The minimum Gasteiger partial charge on any atom is -0.373 e. The smallest absolute Gasteiger partial charge is 0.170 e. The topological polar surface area (TPSA) is 50.7 Å². The van der Waals surface area contributed by atoms with Gasteiger partial charge < -0.3 is 5.32 Å². The van der Waals surface area contributed by atoms with Gasteiger partial charge in [0.25, 0.3) is 0 Å². The summed E-state index contributed by atoms with van der Waals surface area (Å²) < 4.78 is 5.07. The van der Waals surface area contributed by atoms with Gasteiger partial charge in [-0.25, -0.2) is 9.97 Å². The summed E-state index contributed by atoms with van der Waals surface area (Å²) in [5, 5.41) is 3.67. The van der Waals surface area contributed by atoms with Crippen LogP contribution in [0.4, 0.5) is 5.82 Å². The average molecular weight is 287 g/mol. The van der Waals surface area contributed by atoms with Gasteiger partial charge in [-0.1, -0.05) is 23.4 Å². The second-order valence-corrected chi connectivity index (χ2v) is 5.65. The van der Waals surface area contributed by atoms with Gasteiger partial charge in [0, 0.05) is 12.8 Å². The molecule has 2 aromatic rings. The number of rotatable bonds is 4. The lowest BCUT2D eigenvalue weighted by molar-refractivity contribution is 1.10. The lowest BCUT2D eigenvalue weighted by Crippen LogP contribution is -1.96. The van der Waals surface area contributed by atoms with Crippen LogP contribution in [0.3, 0.4) is 0 Å². The first-order chi connectivity index (χ1) is 8.19. The summed E-state index contributed by atoms with van der Waals surface area (Å²) in [6.45, 7) is 1.88. The molecule has 0 spiro atoms. The number of hydrogen-bond acceptors (Lipinski definition) is 6. The highest BCUT2D eigenvalue weighted by molar-refractivity contribution is 8.00. The van der Waals surface area contributed by atoms with Crippen LogP contribution in [0.15, 0.2) is 16.5 Å². The minimum absolute atomic E-state index is 0.678. The summed E-state index contributed by atoms with van der Waals surface area (Å²) in [6.07, 6.45) is 0. The minimum atomic E-state index is 0.678. The van der Waals surface area contributed by atoms with Crippen molar-refractivity contribution in [2.75, 3.05) is 12.4 Å². The van der Waals surface area contributed by atoms with Crippen molar-refractivity contribution in [1.29, 1.82) is 0 Å². The van der Waals surface area contributed by atoms with E-state index in [-0.39, 0.29) is 0 Å². The maximum absolute atomic E-state index is 6.09. The van der Waals surface area contributed by atoms with Crippen LogP contribution in [0.5, 0.6) is 0 Å². The molecule has 4 nitrogen and oxygen atoms in total. The Morgan fingerprint density at radius 3 is 2.88 bits per heavy atom. The molecule has 0 unspecified atom stereocenters. The van der Waals surface area contributed by atoms with Gasteiger partial charge in [-0.3, -0.25) is 0 Å². The Morgan fingerprint density at radius 1 is 1.41 bits per heavy atom. The predicted octanol–water partition coefficient (Wildman–Crippen LogP) is 3.23. The third-order valence-corrected chi connectivity index (χ3v) is 4.30. The van der Waals surface area contributed by atoms with E-state index in [1.807, 2.05) is 26.1 Å². The van der Waals surface area contributed by atoms with Crippen molar-refractivity contribution in [2.45, 2.75) is 17.0 Å². The number of nitrogens with one attached hydrogen (secondary N) is 1. The fraction of sp³-hybridized carbons (Fsp3) is 0.300. The zero-order valence-electron chi connectivity index (χ0n) is 9.40. The van der Waals surface area contributed by atoms with Crippen molar-refractivity contribution < 1.29 is 0 Å². The number of thioether (sulfide) groups is 1. The van der Waals surface area contributed by atoms with Crippen molar-refractivity contribution in [3.63, 3.8) is 0 Å². The molecular formula is C10H11ClN4S2. The van der Waals surface area contributed by atoms with E-state index in [4.69, 9.17) is 11.6 Å². The largest absolute Gasteiger partial charge is 0.373 e. The van der Waals surface area contributed by atoms with Crippen molar-refractivity contribution in [1.82, 2.24) is 14.3 Å². The number of pyridine rings is 1. The summed E-state index contributed by atoms with van der Waals surface area (Å²) in [5.74, 6) is 2.32. The van der Waals surface area contributed by atoms with Crippen LogP contribution in [0, 0.1) is 6.92 Å². The Bertz CT molecular complexity index is 515. The van der Waals surface area contributed by atoms with E-state index in [0.717, 1.165) is 21.7 Å². The molecule has 1 N–H and O–H groups in total. The van der Waals surface area contributed by atoms with E-state index in [1.165, 1.54) is 11.5 Å². The van der Waals surface area contributed by atoms with Gasteiger partial charge in [0.1, 0.15) is 11.6 Å². The Labute approximate surface area is 113 Å². The summed E-state index contributed by atoms with van der Waals surface area (Å²) in [4.78, 5) is 8.69. The van der Waals surface area contributed by atoms with E-state index in [9.17, 15) is 0 Å². The van der Waals surface area contributed by atoms with Crippen LogP contribution in [-0.4, -0.2) is 21.4 Å². The SMILES string of the molecule is CNc1ccc(Cl)c(CSc2nc(C)ns2)n1. The van der Waals surface area contributed by atoms with Crippen LogP contribution in [0.1, 0.15) is 11.5 Å². The molecule has 0 atom stereocenters. The standard InChI is InChI=1S/C10H11ClN4S2/c1-6-13-10(17-15-6)16-5-8-7(11)3-4-9(12-2)14-8/h3-4H,5H2,1-2H3,(H,12,14). The highest BCUT2D eigenvalue weighted by Gasteiger charge is 2.07. The van der Waals surface area contributed by atoms with Crippen LogP contribution in [-0.2, 0) is 5.75 Å². The number of anilines is 1. The number of nitrogens with zero attached hydrogens (tertiary/aromatic N) is 3. The maximum atomic E-state index is 6.09. The monoisotopic (exact) mass is 286 g/mol. The molecule has 0 bridgehead atoms. The second kappa shape index (κ2) is 5.66. The van der Waals surface area contributed by atoms with E-state index in [2.05, 4.69) is 19.7 Å². The van der Waals surface area contributed by atoms with Crippen LogP contribution in [0.2, 0.25) is 5.02 Å². The van der Waals surface area contributed by atoms with Gasteiger partial charge in [-0.15, -0.1) is 0 Å². The van der Waals surface area contributed by atoms with Gasteiger partial charge in [0.2, 0.25) is 0 Å². The van der Waals surface area contributed by atoms with E-state index >= 15 is 0 Å². The molecule has 17 heavy (non-hydrogen) atoms. The highest BCUT2D eigenvalue weighted by atomic mass is 35.5. The predicted molar refractivity (Wildman–Crippen MR) is 73.0 cm³/mol. The van der Waals surface area contributed by atoms with Gasteiger partial charge >= 0.3 is 0 Å². The molecule has 2 heterocycles. The van der Waals surface area contributed by atoms with Crippen LogP contribution in [0.25, 0.3) is 0 Å². The molecule has 0 aromatic carbocycles. The first-order valence-electron chi connectivity index (χ1n) is 4.95. The van der Waals surface area contributed by atoms with Gasteiger partial charge in [0.15, 0.2) is 4.34 Å². The zero-order valence-corrected chi connectivity index (χ0v) is 11.8. The summed E-state index contributed by atoms with van der Waals surface area (Å²) >= 11 is 9.09. The zero-order chi connectivity index (χ0) is 12.3. The summed E-state index contributed by atoms with van der Waals surface area (Å²) in [5.41, 5.74) is 0.858. The third-order valence-electron chi connectivity index (χ3n) is 2.02. The van der Waals surface area contributed by atoms with Crippen LogP contribution < -0.4 is 5.32 Å². The molecule has 0 radical (unpaired) electrons. The Hall–Kier alpha value is -0.850. The van der Waals surface area contributed by atoms with E-state index < -0.39 is 0 Å². The molecule has 2 rings (SSSR count). The first kappa shape index (κ1) is 12.6. The fourth-order valence-corrected chi connectivity index (χ4v) is 3.04. The molecule has 0 aliphatic carbocycles. The number of hydrogen-bond donors (Lipinski definition) is 1. The molecule has 7 heteroatoms. The van der Waals surface area contributed by atoms with E-state index in [0.29, 0.717) is 10.8 Å². The molecule has 90 valence electrons. The molecule has 0 aliphatic heterocycles. The Balaban J connectivity index is 2.07. The van der Waals surface area contributed by atoms with Crippen molar-refractivity contribution in [2.24, 2.45) is 0 Å². The summed E-state index contributed by atoms with van der Waals surface area (Å²) in [7, 11) is 1.83. The normalized spacial score (nSPS) is 10.5. The van der Waals surface area contributed by atoms with Gasteiger partial charge in [0.05, 0.1) is 10.7 Å². The molecular weight excluding hydrogens is 276 g/mol. The maximum Gasteiger partial charge on any atom is 0.170 e. The highest BCUT2D eigenvalue weighted by Crippen LogP contribution is 2.27. The molecule has 0 amide bonds. The Morgan fingerprint density at radius 2 is 2.24 bits per heavy atom. The van der Waals surface area contributed by atoms with Crippen molar-refractivity contribution >= 4 is 40.7 Å². The molecule has 0 aliphatic rings. The number of aromatic nitrogens is 3. The fourth-order valence-electron chi connectivity index (χ4n) is 1.19.